The molecule has 0 atom stereocenters. The highest BCUT2D eigenvalue weighted by atomic mass is 35.5. The van der Waals surface area contributed by atoms with Gasteiger partial charge in [0.05, 0.1) is 0 Å². The van der Waals surface area contributed by atoms with Crippen molar-refractivity contribution in [1.82, 2.24) is 0 Å². The molecule has 2 heteroatoms. The fourth-order valence-corrected chi connectivity index (χ4v) is 2.34. The largest absolute Gasteiger partial charge is 0.289 e. The second-order valence-electron chi connectivity index (χ2n) is 4.78. The molecule has 0 radical (unpaired) electrons. The minimum absolute atomic E-state index is 0.0401. The van der Waals surface area contributed by atoms with Crippen LogP contribution in [0.15, 0.2) is 78.9 Å². The Bertz CT molecular complexity index is 744. The molecule has 3 aromatic carbocycles. The topological polar surface area (TPSA) is 17.1 Å². The highest BCUT2D eigenvalue weighted by Gasteiger charge is 2.08. The molecule has 0 aliphatic carbocycles. The third-order valence-electron chi connectivity index (χ3n) is 3.36. The highest BCUT2D eigenvalue weighted by Crippen LogP contribution is 2.22. The lowest BCUT2D eigenvalue weighted by Gasteiger charge is -2.04. The van der Waals surface area contributed by atoms with Crippen molar-refractivity contribution in [2.24, 2.45) is 0 Å². The van der Waals surface area contributed by atoms with Gasteiger partial charge in [0.15, 0.2) is 5.78 Å². The molecule has 0 aliphatic rings. The smallest absolute Gasteiger partial charge is 0.193 e. The Morgan fingerprint density at radius 1 is 0.619 bits per heavy atom. The first-order chi connectivity index (χ1) is 10.2. The van der Waals surface area contributed by atoms with Crippen molar-refractivity contribution < 1.29 is 4.79 Å². The van der Waals surface area contributed by atoms with Gasteiger partial charge in [-0.05, 0) is 23.3 Å². The number of hydrogen-bond acceptors (Lipinski definition) is 1. The molecule has 0 unspecified atom stereocenters. The molecule has 0 N–H and O–H groups in total. The van der Waals surface area contributed by atoms with Crippen molar-refractivity contribution in [3.05, 3.63) is 95.0 Å². The van der Waals surface area contributed by atoms with Gasteiger partial charge in [0.2, 0.25) is 0 Å². The van der Waals surface area contributed by atoms with Gasteiger partial charge in [-0.25, -0.2) is 0 Å². The number of benzene rings is 3. The first-order valence-corrected chi connectivity index (χ1v) is 7.07. The summed E-state index contributed by atoms with van der Waals surface area (Å²) in [5, 5.41) is 0.717. The SMILES string of the molecule is O=C(c1ccccc1)c1ccc(-c2ccc(Cl)cc2)cc1. The minimum Gasteiger partial charge on any atom is -0.289 e. The summed E-state index contributed by atoms with van der Waals surface area (Å²) >= 11 is 5.89. The molecule has 0 aromatic heterocycles. The van der Waals surface area contributed by atoms with Crippen LogP contribution in [-0.2, 0) is 0 Å². The molecule has 0 bridgehead atoms. The second kappa shape index (κ2) is 5.94. The van der Waals surface area contributed by atoms with E-state index in [1.54, 1.807) is 0 Å². The van der Waals surface area contributed by atoms with E-state index in [1.807, 2.05) is 78.9 Å². The summed E-state index contributed by atoms with van der Waals surface area (Å²) < 4.78 is 0. The number of rotatable bonds is 3. The molecule has 0 fully saturated rings. The molecule has 3 rings (SSSR count). The lowest BCUT2D eigenvalue weighted by atomic mass is 9.99. The number of halogens is 1. The molecule has 0 heterocycles. The summed E-state index contributed by atoms with van der Waals surface area (Å²) in [7, 11) is 0. The normalized spacial score (nSPS) is 10.3. The van der Waals surface area contributed by atoms with Gasteiger partial charge < -0.3 is 0 Å². The maximum atomic E-state index is 12.3. The molecule has 3 aromatic rings. The first-order valence-electron chi connectivity index (χ1n) is 6.70. The van der Waals surface area contributed by atoms with E-state index in [4.69, 9.17) is 11.6 Å². The standard InChI is InChI=1S/C19H13ClO/c20-18-12-10-15(11-13-18)14-6-8-17(9-7-14)19(21)16-4-2-1-3-5-16/h1-13H. The van der Waals surface area contributed by atoms with E-state index in [2.05, 4.69) is 0 Å². The van der Waals surface area contributed by atoms with Gasteiger partial charge in [0, 0.05) is 16.1 Å². The van der Waals surface area contributed by atoms with Crippen LogP contribution >= 0.6 is 11.6 Å². The van der Waals surface area contributed by atoms with E-state index in [9.17, 15) is 4.79 Å². The third kappa shape index (κ3) is 3.04. The van der Waals surface area contributed by atoms with Crippen LogP contribution in [-0.4, -0.2) is 5.78 Å². The maximum Gasteiger partial charge on any atom is 0.193 e. The van der Waals surface area contributed by atoms with Crippen LogP contribution in [0.1, 0.15) is 15.9 Å². The van der Waals surface area contributed by atoms with Crippen LogP contribution in [0.2, 0.25) is 5.02 Å². The van der Waals surface area contributed by atoms with Crippen molar-refractivity contribution >= 4 is 17.4 Å². The van der Waals surface area contributed by atoms with Crippen molar-refractivity contribution in [2.45, 2.75) is 0 Å². The van der Waals surface area contributed by atoms with E-state index in [0.29, 0.717) is 11.1 Å². The number of hydrogen-bond donors (Lipinski definition) is 0. The molecule has 102 valence electrons. The predicted molar refractivity (Wildman–Crippen MR) is 86.8 cm³/mol. The van der Waals surface area contributed by atoms with Gasteiger partial charge in [-0.1, -0.05) is 78.3 Å². The van der Waals surface area contributed by atoms with Crippen molar-refractivity contribution in [1.29, 1.82) is 0 Å². The van der Waals surface area contributed by atoms with Crippen LogP contribution in [0, 0.1) is 0 Å². The van der Waals surface area contributed by atoms with Gasteiger partial charge in [0.25, 0.3) is 0 Å². The van der Waals surface area contributed by atoms with Gasteiger partial charge in [-0.15, -0.1) is 0 Å². The predicted octanol–water partition coefficient (Wildman–Crippen LogP) is 5.24. The van der Waals surface area contributed by atoms with E-state index in [0.717, 1.165) is 16.1 Å². The summed E-state index contributed by atoms with van der Waals surface area (Å²) in [5.41, 5.74) is 3.55. The maximum absolute atomic E-state index is 12.3. The second-order valence-corrected chi connectivity index (χ2v) is 5.22. The van der Waals surface area contributed by atoms with Crippen molar-refractivity contribution in [2.75, 3.05) is 0 Å². The van der Waals surface area contributed by atoms with Crippen molar-refractivity contribution in [3.63, 3.8) is 0 Å². The quantitative estimate of drug-likeness (QED) is 0.603. The van der Waals surface area contributed by atoms with E-state index in [-0.39, 0.29) is 5.78 Å². The van der Waals surface area contributed by atoms with Gasteiger partial charge >= 0.3 is 0 Å². The molecule has 1 nitrogen and oxygen atoms in total. The fraction of sp³-hybridized carbons (Fsp3) is 0. The summed E-state index contributed by atoms with van der Waals surface area (Å²) in [6, 6.07) is 24.6. The average molecular weight is 293 g/mol. The zero-order chi connectivity index (χ0) is 14.7. The Hall–Kier alpha value is -2.38. The minimum atomic E-state index is 0.0401. The van der Waals surface area contributed by atoms with Gasteiger partial charge in [-0.2, -0.15) is 0 Å². The van der Waals surface area contributed by atoms with Crippen molar-refractivity contribution in [3.8, 4) is 11.1 Å². The summed E-state index contributed by atoms with van der Waals surface area (Å²) in [4.78, 5) is 12.3. The van der Waals surface area contributed by atoms with Crippen LogP contribution in [0.5, 0.6) is 0 Å². The Morgan fingerprint density at radius 3 is 1.67 bits per heavy atom. The number of carbonyl (C=O) groups excluding carboxylic acids is 1. The zero-order valence-corrected chi connectivity index (χ0v) is 12.0. The molecule has 0 aliphatic heterocycles. The Kier molecular flexibility index (Phi) is 3.85. The Labute approximate surface area is 128 Å². The highest BCUT2D eigenvalue weighted by molar-refractivity contribution is 6.30. The number of ketones is 1. The molecule has 0 saturated heterocycles. The van der Waals surface area contributed by atoms with E-state index in [1.165, 1.54) is 0 Å². The Balaban J connectivity index is 1.87. The lowest BCUT2D eigenvalue weighted by molar-refractivity contribution is 0.103. The van der Waals surface area contributed by atoms with Gasteiger partial charge in [0.1, 0.15) is 0 Å². The van der Waals surface area contributed by atoms with E-state index >= 15 is 0 Å². The van der Waals surface area contributed by atoms with Crippen LogP contribution in [0.4, 0.5) is 0 Å². The number of carbonyl (C=O) groups is 1. The first kappa shape index (κ1) is 13.6. The lowest BCUT2D eigenvalue weighted by Crippen LogP contribution is -2.00. The molecule has 0 spiro atoms. The van der Waals surface area contributed by atoms with Crippen LogP contribution in [0.25, 0.3) is 11.1 Å². The monoisotopic (exact) mass is 292 g/mol. The Morgan fingerprint density at radius 2 is 1.10 bits per heavy atom. The average Bonchev–Trinajstić information content (AvgIpc) is 2.56. The third-order valence-corrected chi connectivity index (χ3v) is 3.61. The molecule has 21 heavy (non-hydrogen) atoms. The van der Waals surface area contributed by atoms with E-state index < -0.39 is 0 Å². The molecule has 0 saturated carbocycles. The molecular formula is C19H13ClO. The summed E-state index contributed by atoms with van der Waals surface area (Å²) in [5.74, 6) is 0.0401. The zero-order valence-electron chi connectivity index (χ0n) is 11.3. The summed E-state index contributed by atoms with van der Waals surface area (Å²) in [6.07, 6.45) is 0. The van der Waals surface area contributed by atoms with Crippen LogP contribution < -0.4 is 0 Å². The summed E-state index contributed by atoms with van der Waals surface area (Å²) in [6.45, 7) is 0. The van der Waals surface area contributed by atoms with Crippen LogP contribution in [0.3, 0.4) is 0 Å². The molecular weight excluding hydrogens is 280 g/mol. The van der Waals surface area contributed by atoms with Gasteiger partial charge in [-0.3, -0.25) is 4.79 Å². The molecule has 0 amide bonds. The fourth-order valence-electron chi connectivity index (χ4n) is 2.21.